The van der Waals surface area contributed by atoms with E-state index in [0.717, 1.165) is 6.54 Å². The number of nitrogens with one attached hydrogen (secondary N) is 1. The maximum atomic E-state index is 6.07. The maximum Gasteiger partial charge on any atom is 0.0830 e. The second kappa shape index (κ2) is 9.77. The van der Waals surface area contributed by atoms with Crippen molar-refractivity contribution in [1.29, 1.82) is 0 Å². The van der Waals surface area contributed by atoms with Crippen LogP contribution in [0.3, 0.4) is 0 Å². The summed E-state index contributed by atoms with van der Waals surface area (Å²) in [6.07, 6.45) is 14.6. The van der Waals surface area contributed by atoms with Crippen molar-refractivity contribution in [1.82, 2.24) is 5.32 Å². The van der Waals surface area contributed by atoms with E-state index in [0.29, 0.717) is 6.04 Å². The predicted molar refractivity (Wildman–Crippen MR) is 83.7 cm³/mol. The molecule has 1 atom stereocenters. The molecule has 0 aromatic heterocycles. The van der Waals surface area contributed by atoms with Crippen LogP contribution in [-0.2, 0) is 4.74 Å². The summed E-state index contributed by atoms with van der Waals surface area (Å²) in [6, 6.07) is 0.553. The first-order valence-corrected chi connectivity index (χ1v) is 8.57. The molecule has 1 aliphatic carbocycles. The van der Waals surface area contributed by atoms with E-state index in [1.54, 1.807) is 0 Å². The van der Waals surface area contributed by atoms with Crippen molar-refractivity contribution in [2.75, 3.05) is 13.7 Å². The topological polar surface area (TPSA) is 21.3 Å². The summed E-state index contributed by atoms with van der Waals surface area (Å²) >= 11 is 0. The van der Waals surface area contributed by atoms with Gasteiger partial charge in [-0.2, -0.15) is 0 Å². The smallest absolute Gasteiger partial charge is 0.0830 e. The number of ether oxygens (including phenoxy) is 1. The molecule has 1 N–H and O–H groups in total. The average Bonchev–Trinajstić information content (AvgIpc) is 2.68. The minimum Gasteiger partial charge on any atom is -0.377 e. The van der Waals surface area contributed by atoms with Crippen LogP contribution in [-0.4, -0.2) is 25.3 Å². The number of likely N-dealkylation sites (N-methyl/N-ethyl adjacent to an activating group) is 1. The third-order valence-corrected chi connectivity index (χ3v) is 4.79. The Morgan fingerprint density at radius 3 is 2.21 bits per heavy atom. The lowest BCUT2D eigenvalue weighted by Crippen LogP contribution is -2.52. The number of methoxy groups -OCH3 is 1. The van der Waals surface area contributed by atoms with Gasteiger partial charge in [-0.3, -0.25) is 0 Å². The Morgan fingerprint density at radius 1 is 1.00 bits per heavy atom. The molecule has 0 aromatic rings. The van der Waals surface area contributed by atoms with Crippen molar-refractivity contribution in [3.05, 3.63) is 0 Å². The van der Waals surface area contributed by atoms with E-state index in [1.165, 1.54) is 70.6 Å². The zero-order valence-corrected chi connectivity index (χ0v) is 13.5. The first-order chi connectivity index (χ1) is 9.29. The summed E-state index contributed by atoms with van der Waals surface area (Å²) in [5.74, 6) is 0. The monoisotopic (exact) mass is 269 g/mol. The molecule has 2 heteroatoms. The Labute approximate surface area is 120 Å². The highest BCUT2D eigenvalue weighted by molar-refractivity contribution is 4.94. The fourth-order valence-corrected chi connectivity index (χ4v) is 3.59. The Kier molecular flexibility index (Phi) is 8.72. The zero-order chi connectivity index (χ0) is 14.0. The Morgan fingerprint density at radius 2 is 1.68 bits per heavy atom. The van der Waals surface area contributed by atoms with Crippen LogP contribution in [0.5, 0.6) is 0 Å². The van der Waals surface area contributed by atoms with Crippen LogP contribution >= 0.6 is 0 Å². The highest BCUT2D eigenvalue weighted by Crippen LogP contribution is 2.34. The second-order valence-electron chi connectivity index (χ2n) is 6.14. The summed E-state index contributed by atoms with van der Waals surface area (Å²) < 4.78 is 6.07. The molecule has 0 aromatic carbocycles. The number of rotatable bonds is 9. The standard InChI is InChI=1S/C17H35NO/c1-4-6-7-10-13-16(18-5-2)17(19-3)14-11-8-9-12-15-17/h16,18H,4-15H2,1-3H3. The van der Waals surface area contributed by atoms with Crippen molar-refractivity contribution >= 4 is 0 Å². The maximum absolute atomic E-state index is 6.07. The summed E-state index contributed by atoms with van der Waals surface area (Å²) in [5.41, 5.74) is 0.110. The van der Waals surface area contributed by atoms with Crippen LogP contribution in [0.1, 0.15) is 84.5 Å². The van der Waals surface area contributed by atoms with Gasteiger partial charge in [0.2, 0.25) is 0 Å². The SMILES string of the molecule is CCCCCCC(NCC)C1(OC)CCCCCC1. The average molecular weight is 269 g/mol. The molecule has 1 unspecified atom stereocenters. The lowest BCUT2D eigenvalue weighted by atomic mass is 9.83. The van der Waals surface area contributed by atoms with Gasteiger partial charge < -0.3 is 10.1 Å². The molecular weight excluding hydrogens is 234 g/mol. The van der Waals surface area contributed by atoms with Crippen LogP contribution in [0.25, 0.3) is 0 Å². The van der Waals surface area contributed by atoms with Gasteiger partial charge >= 0.3 is 0 Å². The molecule has 0 radical (unpaired) electrons. The van der Waals surface area contributed by atoms with E-state index in [1.807, 2.05) is 7.11 Å². The highest BCUT2D eigenvalue weighted by Gasteiger charge is 2.38. The second-order valence-corrected chi connectivity index (χ2v) is 6.14. The number of hydrogen-bond donors (Lipinski definition) is 1. The van der Waals surface area contributed by atoms with Gasteiger partial charge in [0, 0.05) is 13.2 Å². The van der Waals surface area contributed by atoms with Gasteiger partial charge in [0.05, 0.1) is 5.60 Å². The van der Waals surface area contributed by atoms with Gasteiger partial charge in [-0.15, -0.1) is 0 Å². The molecule has 0 bridgehead atoms. The third kappa shape index (κ3) is 5.43. The third-order valence-electron chi connectivity index (χ3n) is 4.79. The molecule has 1 saturated carbocycles. The minimum absolute atomic E-state index is 0.110. The van der Waals surface area contributed by atoms with Crippen LogP contribution in [0, 0.1) is 0 Å². The van der Waals surface area contributed by atoms with Crippen LogP contribution in [0.15, 0.2) is 0 Å². The van der Waals surface area contributed by atoms with Crippen molar-refractivity contribution in [3.8, 4) is 0 Å². The van der Waals surface area contributed by atoms with Crippen LogP contribution in [0.2, 0.25) is 0 Å². The summed E-state index contributed by atoms with van der Waals surface area (Å²) in [5, 5.41) is 3.72. The molecule has 1 fully saturated rings. The summed E-state index contributed by atoms with van der Waals surface area (Å²) in [4.78, 5) is 0. The zero-order valence-electron chi connectivity index (χ0n) is 13.5. The lowest BCUT2D eigenvalue weighted by molar-refractivity contribution is -0.0549. The molecule has 0 spiro atoms. The molecule has 2 nitrogen and oxygen atoms in total. The Bertz CT molecular complexity index is 209. The van der Waals surface area contributed by atoms with Gasteiger partial charge in [-0.05, 0) is 25.8 Å². The Balaban J connectivity index is 2.57. The molecule has 0 heterocycles. The van der Waals surface area contributed by atoms with E-state index < -0.39 is 0 Å². The van der Waals surface area contributed by atoms with Crippen molar-refractivity contribution in [2.24, 2.45) is 0 Å². The van der Waals surface area contributed by atoms with Crippen molar-refractivity contribution in [3.63, 3.8) is 0 Å². The molecular formula is C17H35NO. The summed E-state index contributed by atoms with van der Waals surface area (Å²) in [6.45, 7) is 5.56. The van der Waals surface area contributed by atoms with E-state index in [-0.39, 0.29) is 5.60 Å². The van der Waals surface area contributed by atoms with E-state index in [9.17, 15) is 0 Å². The first kappa shape index (κ1) is 17.0. The highest BCUT2D eigenvalue weighted by atomic mass is 16.5. The molecule has 0 saturated heterocycles. The van der Waals surface area contributed by atoms with E-state index >= 15 is 0 Å². The van der Waals surface area contributed by atoms with Crippen LogP contribution in [0.4, 0.5) is 0 Å². The number of unbranched alkanes of at least 4 members (excludes halogenated alkanes) is 3. The number of hydrogen-bond acceptors (Lipinski definition) is 2. The fraction of sp³-hybridized carbons (Fsp3) is 1.00. The van der Waals surface area contributed by atoms with Crippen molar-refractivity contribution < 1.29 is 4.74 Å². The predicted octanol–water partition coefficient (Wildman–Crippen LogP) is 4.67. The van der Waals surface area contributed by atoms with Gasteiger partial charge in [0.1, 0.15) is 0 Å². The molecule has 114 valence electrons. The quantitative estimate of drug-likeness (QED) is 0.485. The first-order valence-electron chi connectivity index (χ1n) is 8.57. The summed E-state index contributed by atoms with van der Waals surface area (Å²) in [7, 11) is 1.93. The van der Waals surface area contributed by atoms with Gasteiger partial charge in [-0.25, -0.2) is 0 Å². The van der Waals surface area contributed by atoms with Gasteiger partial charge in [0.15, 0.2) is 0 Å². The molecule has 0 aliphatic heterocycles. The molecule has 1 rings (SSSR count). The molecule has 1 aliphatic rings. The van der Waals surface area contributed by atoms with Crippen molar-refractivity contribution in [2.45, 2.75) is 96.1 Å². The normalized spacial score (nSPS) is 21.0. The molecule has 19 heavy (non-hydrogen) atoms. The van der Waals surface area contributed by atoms with E-state index in [2.05, 4.69) is 19.2 Å². The lowest BCUT2D eigenvalue weighted by Gasteiger charge is -2.40. The Hall–Kier alpha value is -0.0800. The fourth-order valence-electron chi connectivity index (χ4n) is 3.59. The van der Waals surface area contributed by atoms with Crippen LogP contribution < -0.4 is 5.32 Å². The van der Waals surface area contributed by atoms with Gasteiger partial charge in [-0.1, -0.05) is 65.2 Å². The molecule has 0 amide bonds. The minimum atomic E-state index is 0.110. The largest absolute Gasteiger partial charge is 0.377 e. The van der Waals surface area contributed by atoms with Gasteiger partial charge in [0.25, 0.3) is 0 Å². The van der Waals surface area contributed by atoms with E-state index in [4.69, 9.17) is 4.74 Å².